The van der Waals surface area contributed by atoms with Gasteiger partial charge in [0.05, 0.1) is 11.8 Å². The predicted molar refractivity (Wildman–Crippen MR) is 84.5 cm³/mol. The Bertz CT molecular complexity index is 579. The average Bonchev–Trinajstić information content (AvgIpc) is 2.46. The third-order valence-corrected chi connectivity index (χ3v) is 2.93. The molecule has 1 rings (SSSR count). The summed E-state index contributed by atoms with van der Waals surface area (Å²) in [4.78, 5) is 23.6. The summed E-state index contributed by atoms with van der Waals surface area (Å²) in [6.45, 7) is 6.96. The van der Waals surface area contributed by atoms with Crippen molar-refractivity contribution in [1.29, 1.82) is 0 Å². The third-order valence-electron chi connectivity index (χ3n) is 2.93. The van der Waals surface area contributed by atoms with E-state index < -0.39 is 0 Å². The predicted octanol–water partition coefficient (Wildman–Crippen LogP) is 3.38. The van der Waals surface area contributed by atoms with Gasteiger partial charge in [0.1, 0.15) is 0 Å². The quantitative estimate of drug-likeness (QED) is 0.459. The van der Waals surface area contributed by atoms with Crippen LogP contribution in [0, 0.1) is 24.2 Å². The zero-order chi connectivity index (χ0) is 16.7. The molecule has 0 atom stereocenters. The summed E-state index contributed by atoms with van der Waals surface area (Å²) in [6, 6.07) is 5.14. The van der Waals surface area contributed by atoms with Crippen molar-refractivity contribution in [2.75, 3.05) is 0 Å². The molecule has 22 heavy (non-hydrogen) atoms. The fraction of sp³-hybridized carbons (Fsp3) is 0.444. The number of hydrogen-bond donors (Lipinski definition) is 0. The van der Waals surface area contributed by atoms with Crippen molar-refractivity contribution in [3.8, 4) is 23.8 Å². The number of terminal acetylenes is 1. The first-order chi connectivity index (χ1) is 10.3. The zero-order valence-corrected chi connectivity index (χ0v) is 13.5. The number of rotatable bonds is 6. The van der Waals surface area contributed by atoms with Crippen molar-refractivity contribution in [1.82, 2.24) is 0 Å². The molecule has 4 nitrogen and oxygen atoms in total. The largest absolute Gasteiger partial charge is 0.422 e. The molecule has 0 bridgehead atoms. The van der Waals surface area contributed by atoms with Gasteiger partial charge in [0.25, 0.3) is 0 Å². The summed E-state index contributed by atoms with van der Waals surface area (Å²) in [5.41, 5.74) is 0.925. The first-order valence-corrected chi connectivity index (χ1v) is 7.35. The fourth-order valence-corrected chi connectivity index (χ4v) is 1.54. The normalized spacial score (nSPS) is 10.4. The van der Waals surface area contributed by atoms with Crippen LogP contribution in [0.15, 0.2) is 18.2 Å². The molecule has 0 aromatic heterocycles. The number of benzene rings is 1. The van der Waals surface area contributed by atoms with E-state index in [2.05, 4.69) is 5.92 Å². The molecular weight excluding hydrogens is 280 g/mol. The molecule has 0 heterocycles. The number of hydrogen-bond acceptors (Lipinski definition) is 4. The molecule has 0 aliphatic carbocycles. The van der Waals surface area contributed by atoms with Crippen LogP contribution in [0.5, 0.6) is 11.5 Å². The van der Waals surface area contributed by atoms with Crippen LogP contribution in [0.25, 0.3) is 0 Å². The highest BCUT2D eigenvalue weighted by Gasteiger charge is 2.18. The molecule has 0 saturated heterocycles. The van der Waals surface area contributed by atoms with Crippen LogP contribution in [-0.4, -0.2) is 11.9 Å². The van der Waals surface area contributed by atoms with Crippen LogP contribution in [0.4, 0.5) is 0 Å². The monoisotopic (exact) mass is 302 g/mol. The molecule has 0 N–H and O–H groups in total. The van der Waals surface area contributed by atoms with Gasteiger partial charge in [0, 0.05) is 6.42 Å². The number of ether oxygens (including phenoxy) is 2. The smallest absolute Gasteiger partial charge is 0.313 e. The molecule has 1 aromatic carbocycles. The average molecular weight is 302 g/mol. The Labute approximate surface area is 131 Å². The molecule has 1 aromatic rings. The van der Waals surface area contributed by atoms with Gasteiger partial charge in [0.15, 0.2) is 11.5 Å². The summed E-state index contributed by atoms with van der Waals surface area (Å²) >= 11 is 0. The van der Waals surface area contributed by atoms with Gasteiger partial charge in [0.2, 0.25) is 0 Å². The summed E-state index contributed by atoms with van der Waals surface area (Å²) < 4.78 is 10.6. The maximum atomic E-state index is 11.8. The number of esters is 2. The second kappa shape index (κ2) is 8.23. The molecule has 0 spiro atoms. The maximum Gasteiger partial charge on any atom is 0.313 e. The Hall–Kier alpha value is -2.28. The van der Waals surface area contributed by atoms with Crippen molar-refractivity contribution < 1.29 is 19.1 Å². The van der Waals surface area contributed by atoms with Gasteiger partial charge >= 0.3 is 11.9 Å². The second-order valence-electron chi connectivity index (χ2n) is 5.64. The van der Waals surface area contributed by atoms with E-state index in [4.69, 9.17) is 15.9 Å². The number of carbonyl (C=O) groups excluding carboxylic acids is 2. The Morgan fingerprint density at radius 3 is 2.09 bits per heavy atom. The lowest BCUT2D eigenvalue weighted by Crippen LogP contribution is -2.18. The lowest BCUT2D eigenvalue weighted by Gasteiger charge is -2.14. The lowest BCUT2D eigenvalue weighted by atomic mass is 10.1. The van der Waals surface area contributed by atoms with Gasteiger partial charge in [-0.25, -0.2) is 0 Å². The van der Waals surface area contributed by atoms with Crippen molar-refractivity contribution in [2.45, 2.75) is 40.5 Å². The van der Waals surface area contributed by atoms with Crippen molar-refractivity contribution in [3.63, 3.8) is 0 Å². The second-order valence-corrected chi connectivity index (χ2v) is 5.64. The minimum atomic E-state index is -0.379. The fourth-order valence-electron chi connectivity index (χ4n) is 1.54. The number of aryl methyl sites for hydroxylation is 1. The van der Waals surface area contributed by atoms with Gasteiger partial charge in [-0.1, -0.05) is 33.8 Å². The van der Waals surface area contributed by atoms with Gasteiger partial charge in [-0.15, -0.1) is 12.3 Å². The Morgan fingerprint density at radius 1 is 1.05 bits per heavy atom. The van der Waals surface area contributed by atoms with Gasteiger partial charge in [-0.05, 0) is 24.1 Å². The SMILES string of the molecule is C#CCCc1ccc(OC(=O)C(C)C)c(OC(=O)C(C)C)c1. The van der Waals surface area contributed by atoms with E-state index in [1.54, 1.807) is 39.8 Å². The molecule has 4 heteroatoms. The van der Waals surface area contributed by atoms with E-state index in [0.29, 0.717) is 12.8 Å². The first kappa shape index (κ1) is 17.8. The van der Waals surface area contributed by atoms with E-state index in [9.17, 15) is 9.59 Å². The minimum Gasteiger partial charge on any atom is -0.422 e. The zero-order valence-electron chi connectivity index (χ0n) is 13.5. The van der Waals surface area contributed by atoms with Crippen LogP contribution in [0.3, 0.4) is 0 Å². The van der Waals surface area contributed by atoms with Crippen LogP contribution in [-0.2, 0) is 16.0 Å². The van der Waals surface area contributed by atoms with E-state index in [1.165, 1.54) is 0 Å². The molecule has 0 unspecified atom stereocenters. The molecule has 0 aliphatic heterocycles. The van der Waals surface area contributed by atoms with Crippen molar-refractivity contribution in [3.05, 3.63) is 23.8 Å². The highest BCUT2D eigenvalue weighted by molar-refractivity contribution is 5.78. The Morgan fingerprint density at radius 2 is 1.59 bits per heavy atom. The van der Waals surface area contributed by atoms with E-state index >= 15 is 0 Å². The summed E-state index contributed by atoms with van der Waals surface area (Å²) in [6.07, 6.45) is 6.51. The summed E-state index contributed by atoms with van der Waals surface area (Å²) in [5, 5.41) is 0. The standard InChI is InChI=1S/C18H22O4/c1-6-7-8-14-9-10-15(21-17(19)12(2)3)16(11-14)22-18(20)13(4)5/h1,9-13H,7-8H2,2-5H3. The van der Waals surface area contributed by atoms with Crippen LogP contribution >= 0.6 is 0 Å². The Balaban J connectivity index is 3.05. The molecule has 118 valence electrons. The Kier molecular flexibility index (Phi) is 6.65. The van der Waals surface area contributed by atoms with Crippen molar-refractivity contribution >= 4 is 11.9 Å². The molecule has 0 saturated carbocycles. The van der Waals surface area contributed by atoms with Gasteiger partial charge in [-0.2, -0.15) is 0 Å². The van der Waals surface area contributed by atoms with Gasteiger partial charge < -0.3 is 9.47 Å². The molecule has 0 aliphatic rings. The minimum absolute atomic E-state index is 0.247. The first-order valence-electron chi connectivity index (χ1n) is 7.35. The van der Waals surface area contributed by atoms with Gasteiger partial charge in [-0.3, -0.25) is 9.59 Å². The van der Waals surface area contributed by atoms with Crippen molar-refractivity contribution in [2.24, 2.45) is 11.8 Å². The number of carbonyl (C=O) groups is 2. The molecule has 0 fully saturated rings. The third kappa shape index (κ3) is 5.25. The molecule has 0 radical (unpaired) electrons. The molecular formula is C18H22O4. The maximum absolute atomic E-state index is 11.8. The molecule has 0 amide bonds. The van der Waals surface area contributed by atoms with E-state index in [1.807, 2.05) is 6.07 Å². The van der Waals surface area contributed by atoms with Crippen LogP contribution in [0.1, 0.15) is 39.7 Å². The van der Waals surface area contributed by atoms with E-state index in [-0.39, 0.29) is 35.3 Å². The highest BCUT2D eigenvalue weighted by atomic mass is 16.6. The van der Waals surface area contributed by atoms with Crippen LogP contribution < -0.4 is 9.47 Å². The van der Waals surface area contributed by atoms with E-state index in [0.717, 1.165) is 5.56 Å². The summed E-state index contributed by atoms with van der Waals surface area (Å²) in [7, 11) is 0. The van der Waals surface area contributed by atoms with Crippen LogP contribution in [0.2, 0.25) is 0 Å². The lowest BCUT2D eigenvalue weighted by molar-refractivity contribution is -0.140. The highest BCUT2D eigenvalue weighted by Crippen LogP contribution is 2.30. The topological polar surface area (TPSA) is 52.6 Å². The summed E-state index contributed by atoms with van der Waals surface area (Å²) in [5.74, 6) is 1.76.